The zero-order valence-electron chi connectivity index (χ0n) is 13.0. The van der Waals surface area contributed by atoms with Crippen molar-refractivity contribution in [1.29, 1.82) is 0 Å². The van der Waals surface area contributed by atoms with E-state index in [-0.39, 0.29) is 4.90 Å². The lowest BCUT2D eigenvalue weighted by Crippen LogP contribution is -2.28. The van der Waals surface area contributed by atoms with Crippen molar-refractivity contribution in [3.63, 3.8) is 0 Å². The van der Waals surface area contributed by atoms with E-state index in [0.717, 1.165) is 17.8 Å². The number of ether oxygens (including phenoxy) is 1. The molecule has 0 N–H and O–H groups in total. The number of esters is 1. The van der Waals surface area contributed by atoms with E-state index in [1.54, 1.807) is 20.8 Å². The van der Waals surface area contributed by atoms with Crippen molar-refractivity contribution in [2.24, 2.45) is 5.11 Å². The third-order valence-electron chi connectivity index (χ3n) is 2.43. The third kappa shape index (κ3) is 5.54. The molecule has 0 heterocycles. The summed E-state index contributed by atoms with van der Waals surface area (Å²) in [5.41, 5.74) is 6.95. The molecule has 0 aliphatic carbocycles. The lowest BCUT2D eigenvalue weighted by atomic mass is 10.2. The highest BCUT2D eigenvalue weighted by Gasteiger charge is 2.24. The molecule has 0 radical (unpaired) electrons. The Morgan fingerprint density at radius 3 is 2.43 bits per heavy atom. The highest BCUT2D eigenvalue weighted by molar-refractivity contribution is 8.00. The van der Waals surface area contributed by atoms with Gasteiger partial charge in [-0.2, -0.15) is 0 Å². The minimum atomic E-state index is -1.17. The van der Waals surface area contributed by atoms with Crippen molar-refractivity contribution in [2.75, 3.05) is 0 Å². The molecular weight excluding hydrogens is 328 g/mol. The van der Waals surface area contributed by atoms with Crippen LogP contribution in [0.2, 0.25) is 0 Å². The van der Waals surface area contributed by atoms with E-state index in [1.807, 2.05) is 0 Å². The maximum absolute atomic E-state index is 13.8. The largest absolute Gasteiger partial charge is 0.459 e. The number of thioether (sulfide) groups is 1. The molecular formula is C14H15F2N3O3S. The molecule has 0 fully saturated rings. The molecule has 9 heteroatoms. The molecule has 1 amide bonds. The topological polar surface area (TPSA) is 92.1 Å². The minimum Gasteiger partial charge on any atom is -0.459 e. The second-order valence-corrected chi connectivity index (χ2v) is 6.93. The maximum atomic E-state index is 13.8. The van der Waals surface area contributed by atoms with E-state index >= 15 is 0 Å². The lowest BCUT2D eigenvalue weighted by molar-refractivity contribution is -0.153. The van der Waals surface area contributed by atoms with Crippen molar-refractivity contribution in [3.05, 3.63) is 39.8 Å². The Balaban J connectivity index is 3.04. The Kier molecular flexibility index (Phi) is 6.12. The first-order valence-corrected chi connectivity index (χ1v) is 7.41. The highest BCUT2D eigenvalue weighted by atomic mass is 32.2. The summed E-state index contributed by atoms with van der Waals surface area (Å²) in [5.74, 6) is -3.82. The van der Waals surface area contributed by atoms with Gasteiger partial charge in [0.05, 0.1) is 5.56 Å². The summed E-state index contributed by atoms with van der Waals surface area (Å²) in [6.45, 7) is 6.57. The van der Waals surface area contributed by atoms with Crippen LogP contribution in [0.1, 0.15) is 38.1 Å². The van der Waals surface area contributed by atoms with Gasteiger partial charge in [-0.1, -0.05) is 0 Å². The van der Waals surface area contributed by atoms with E-state index < -0.39 is 39.9 Å². The van der Waals surface area contributed by atoms with Gasteiger partial charge in [-0.05, 0) is 44.4 Å². The summed E-state index contributed by atoms with van der Waals surface area (Å²) in [6.07, 6.45) is 0. The lowest BCUT2D eigenvalue weighted by Gasteiger charge is -2.22. The molecule has 0 aromatic heterocycles. The number of azide groups is 1. The first-order chi connectivity index (χ1) is 10.5. The Labute approximate surface area is 135 Å². The van der Waals surface area contributed by atoms with Crippen LogP contribution in [0.5, 0.6) is 0 Å². The Morgan fingerprint density at radius 1 is 1.30 bits per heavy atom. The fourth-order valence-electron chi connectivity index (χ4n) is 1.50. The van der Waals surface area contributed by atoms with Crippen LogP contribution in [-0.2, 0) is 9.53 Å². The molecule has 1 aromatic carbocycles. The van der Waals surface area contributed by atoms with Gasteiger partial charge in [0.15, 0.2) is 0 Å². The predicted octanol–water partition coefficient (Wildman–Crippen LogP) is 4.24. The Hall–Kier alpha value is -2.12. The van der Waals surface area contributed by atoms with Crippen LogP contribution in [0, 0.1) is 11.6 Å². The van der Waals surface area contributed by atoms with Crippen LogP contribution >= 0.6 is 11.8 Å². The first-order valence-electron chi connectivity index (χ1n) is 6.53. The minimum absolute atomic E-state index is 0.124. The zero-order valence-corrected chi connectivity index (χ0v) is 13.8. The Morgan fingerprint density at radius 2 is 1.91 bits per heavy atom. The van der Waals surface area contributed by atoms with Crippen molar-refractivity contribution in [2.45, 2.75) is 43.4 Å². The molecule has 0 saturated carbocycles. The van der Waals surface area contributed by atoms with E-state index in [4.69, 9.17) is 10.3 Å². The molecule has 124 valence electrons. The summed E-state index contributed by atoms with van der Waals surface area (Å²) in [7, 11) is 0. The van der Waals surface area contributed by atoms with Crippen LogP contribution in [0.25, 0.3) is 10.4 Å². The van der Waals surface area contributed by atoms with Crippen LogP contribution in [0.15, 0.2) is 22.1 Å². The van der Waals surface area contributed by atoms with E-state index in [9.17, 15) is 18.4 Å². The second-order valence-electron chi connectivity index (χ2n) is 5.55. The summed E-state index contributed by atoms with van der Waals surface area (Å²) >= 11 is 0.774. The van der Waals surface area contributed by atoms with Crippen LogP contribution < -0.4 is 0 Å². The summed E-state index contributed by atoms with van der Waals surface area (Å²) in [4.78, 5) is 25.5. The fourth-order valence-corrected chi connectivity index (χ4v) is 2.38. The summed E-state index contributed by atoms with van der Waals surface area (Å²) in [5, 5.41) is 1.99. The van der Waals surface area contributed by atoms with Gasteiger partial charge < -0.3 is 4.74 Å². The van der Waals surface area contributed by atoms with Crippen molar-refractivity contribution in [1.82, 2.24) is 0 Å². The molecule has 0 aliphatic heterocycles. The number of nitrogens with zero attached hydrogens (tertiary/aromatic N) is 3. The zero-order chi connectivity index (χ0) is 17.8. The van der Waals surface area contributed by atoms with Crippen LogP contribution in [0.4, 0.5) is 8.78 Å². The molecule has 0 spiro atoms. The number of carbonyl (C=O) groups excluding carboxylic acids is 2. The number of hydrogen-bond acceptors (Lipinski definition) is 4. The number of carbonyl (C=O) groups is 2. The summed E-state index contributed by atoms with van der Waals surface area (Å²) in [6, 6.07) is 1.41. The fraction of sp³-hybridized carbons (Fsp3) is 0.429. The molecule has 1 unspecified atom stereocenters. The van der Waals surface area contributed by atoms with Gasteiger partial charge >= 0.3 is 5.97 Å². The van der Waals surface area contributed by atoms with Crippen LogP contribution in [-0.4, -0.2) is 22.7 Å². The molecule has 1 aromatic rings. The van der Waals surface area contributed by atoms with Gasteiger partial charge in [-0.25, -0.2) is 8.78 Å². The smallest absolute Gasteiger partial charge is 0.319 e. The highest BCUT2D eigenvalue weighted by Crippen LogP contribution is 2.30. The Bertz CT molecular complexity index is 683. The number of halogens is 2. The summed E-state index contributed by atoms with van der Waals surface area (Å²) < 4.78 is 32.6. The average Bonchev–Trinajstić information content (AvgIpc) is 2.39. The standard InChI is InChI=1S/C14H15F2N3O3S/c1-7(13(21)22-14(2,3)4)23-11-5-8(12(20)18-19-17)9(15)6-10(11)16/h5-7H,1-4H3. The SMILES string of the molecule is CC(Sc1cc(C(=O)N=[N+]=[N-])c(F)cc1F)C(=O)OC(C)(C)C. The quantitative estimate of drug-likeness (QED) is 0.269. The van der Waals surface area contributed by atoms with Gasteiger partial charge in [0.2, 0.25) is 0 Å². The average molecular weight is 343 g/mol. The molecule has 1 rings (SSSR count). The van der Waals surface area contributed by atoms with Gasteiger partial charge in [0, 0.05) is 15.9 Å². The number of hydrogen-bond donors (Lipinski definition) is 0. The third-order valence-corrected chi connectivity index (χ3v) is 3.54. The number of amides is 1. The normalized spacial score (nSPS) is 12.3. The first kappa shape index (κ1) is 18.9. The van der Waals surface area contributed by atoms with E-state index in [2.05, 4.69) is 10.0 Å². The molecule has 6 nitrogen and oxygen atoms in total. The van der Waals surface area contributed by atoms with Crippen molar-refractivity contribution < 1.29 is 23.1 Å². The second kappa shape index (κ2) is 7.43. The molecule has 1 atom stereocenters. The van der Waals surface area contributed by atoms with Gasteiger partial charge in [0.25, 0.3) is 5.91 Å². The number of rotatable bonds is 4. The molecule has 0 saturated heterocycles. The van der Waals surface area contributed by atoms with Crippen LogP contribution in [0.3, 0.4) is 0 Å². The predicted molar refractivity (Wildman–Crippen MR) is 81.0 cm³/mol. The molecule has 23 heavy (non-hydrogen) atoms. The van der Waals surface area contributed by atoms with E-state index in [0.29, 0.717) is 6.07 Å². The molecule has 0 aliphatic rings. The van der Waals surface area contributed by atoms with Gasteiger partial charge in [-0.3, -0.25) is 9.59 Å². The van der Waals surface area contributed by atoms with Gasteiger partial charge in [-0.15, -0.1) is 11.8 Å². The van der Waals surface area contributed by atoms with Crippen molar-refractivity contribution in [3.8, 4) is 0 Å². The molecule has 0 bridgehead atoms. The van der Waals surface area contributed by atoms with Gasteiger partial charge in [0.1, 0.15) is 22.5 Å². The monoisotopic (exact) mass is 343 g/mol. The van der Waals surface area contributed by atoms with Crippen molar-refractivity contribution >= 4 is 23.6 Å². The van der Waals surface area contributed by atoms with E-state index in [1.165, 1.54) is 6.92 Å². The maximum Gasteiger partial charge on any atom is 0.319 e. The number of benzene rings is 1.